The minimum absolute atomic E-state index is 0.147. The van der Waals surface area contributed by atoms with Crippen molar-refractivity contribution in [3.8, 4) is 0 Å². The summed E-state index contributed by atoms with van der Waals surface area (Å²) in [5.41, 5.74) is 1.59. The first-order chi connectivity index (χ1) is 8.09. The number of halogens is 1. The maximum atomic E-state index is 10.3. The van der Waals surface area contributed by atoms with E-state index in [1.165, 1.54) is 0 Å². The average molecular weight is 255 g/mol. The highest BCUT2D eigenvalue weighted by molar-refractivity contribution is 6.35. The van der Waals surface area contributed by atoms with Crippen LogP contribution in [-0.2, 0) is 23.2 Å². The Labute approximate surface area is 103 Å². The molecule has 1 N–H and O–H groups in total. The first-order valence-electron chi connectivity index (χ1n) is 4.99. The highest BCUT2D eigenvalue weighted by Gasteiger charge is 2.10. The number of aryl methyl sites for hydroxylation is 1. The molecule has 0 saturated carbocycles. The van der Waals surface area contributed by atoms with E-state index in [-0.39, 0.29) is 13.2 Å². The number of carbonyl (C=O) groups is 1. The second-order valence-electron chi connectivity index (χ2n) is 3.58. The predicted octanol–water partition coefficient (Wildman–Crippen LogP) is 1.83. The lowest BCUT2D eigenvalue weighted by Gasteiger charge is -2.02. The van der Waals surface area contributed by atoms with Crippen LogP contribution in [0.25, 0.3) is 11.0 Å². The summed E-state index contributed by atoms with van der Waals surface area (Å²) in [5.74, 6) is -0.351. The molecular formula is C11H11ClN2O3. The molecule has 0 spiro atoms. The van der Waals surface area contributed by atoms with Crippen molar-refractivity contribution in [1.29, 1.82) is 0 Å². The quantitative estimate of drug-likeness (QED) is 0.904. The van der Waals surface area contributed by atoms with Crippen LogP contribution in [0.4, 0.5) is 0 Å². The van der Waals surface area contributed by atoms with E-state index in [0.717, 1.165) is 11.0 Å². The molecule has 90 valence electrons. The summed E-state index contributed by atoms with van der Waals surface area (Å²) in [6, 6.07) is 5.45. The first kappa shape index (κ1) is 11.9. The van der Waals surface area contributed by atoms with Crippen LogP contribution in [-0.4, -0.2) is 27.2 Å². The van der Waals surface area contributed by atoms with E-state index in [0.29, 0.717) is 10.8 Å². The molecule has 0 bridgehead atoms. The third-order valence-electron chi connectivity index (χ3n) is 2.39. The number of hydrogen-bond acceptors (Lipinski definition) is 3. The summed E-state index contributed by atoms with van der Waals surface area (Å²) in [6.07, 6.45) is 0. The minimum Gasteiger partial charge on any atom is -0.480 e. The molecule has 0 aliphatic rings. The standard InChI is InChI=1S/C11H11ClN2O3/c1-14-9(5-17-6-10(15)16)13-8-4-2-3-7(12)11(8)14/h2-4H,5-6H2,1H3,(H,15,16). The van der Waals surface area contributed by atoms with Crippen molar-refractivity contribution in [1.82, 2.24) is 9.55 Å². The van der Waals surface area contributed by atoms with Crippen molar-refractivity contribution in [3.63, 3.8) is 0 Å². The number of para-hydroxylation sites is 1. The number of rotatable bonds is 4. The van der Waals surface area contributed by atoms with Gasteiger partial charge in [-0.3, -0.25) is 0 Å². The van der Waals surface area contributed by atoms with E-state index in [1.807, 2.05) is 19.2 Å². The molecule has 6 heteroatoms. The molecule has 0 unspecified atom stereocenters. The predicted molar refractivity (Wildman–Crippen MR) is 63.0 cm³/mol. The Morgan fingerprint density at radius 3 is 3.00 bits per heavy atom. The zero-order chi connectivity index (χ0) is 12.4. The first-order valence-corrected chi connectivity index (χ1v) is 5.36. The summed E-state index contributed by atoms with van der Waals surface area (Å²) < 4.78 is 6.81. The zero-order valence-corrected chi connectivity index (χ0v) is 9.94. The summed E-state index contributed by atoms with van der Waals surface area (Å²) in [5, 5.41) is 9.08. The second-order valence-corrected chi connectivity index (χ2v) is 3.99. The van der Waals surface area contributed by atoms with Gasteiger partial charge in [-0.2, -0.15) is 0 Å². The van der Waals surface area contributed by atoms with Gasteiger partial charge in [0.2, 0.25) is 0 Å². The van der Waals surface area contributed by atoms with E-state index in [1.54, 1.807) is 10.6 Å². The van der Waals surface area contributed by atoms with Crippen LogP contribution in [0.5, 0.6) is 0 Å². The van der Waals surface area contributed by atoms with Gasteiger partial charge in [-0.05, 0) is 12.1 Å². The Bertz CT molecular complexity index is 565. The summed E-state index contributed by atoms with van der Waals surface area (Å²) in [6.45, 7) is -0.190. The summed E-state index contributed by atoms with van der Waals surface area (Å²) in [4.78, 5) is 14.7. The minimum atomic E-state index is -0.998. The molecule has 1 heterocycles. The van der Waals surface area contributed by atoms with Crippen molar-refractivity contribution >= 4 is 28.6 Å². The van der Waals surface area contributed by atoms with E-state index in [2.05, 4.69) is 4.98 Å². The van der Waals surface area contributed by atoms with E-state index in [9.17, 15) is 4.79 Å². The molecule has 0 amide bonds. The van der Waals surface area contributed by atoms with Crippen molar-refractivity contribution in [3.05, 3.63) is 29.0 Å². The van der Waals surface area contributed by atoms with Gasteiger partial charge in [0.05, 0.1) is 16.1 Å². The third-order valence-corrected chi connectivity index (χ3v) is 2.70. The molecule has 0 radical (unpaired) electrons. The second kappa shape index (κ2) is 4.73. The van der Waals surface area contributed by atoms with E-state index < -0.39 is 5.97 Å². The number of aliphatic carboxylic acids is 1. The molecule has 0 saturated heterocycles. The Hall–Kier alpha value is -1.59. The van der Waals surface area contributed by atoms with Crippen molar-refractivity contribution in [2.75, 3.05) is 6.61 Å². The third kappa shape index (κ3) is 2.40. The van der Waals surface area contributed by atoms with Crippen LogP contribution in [0.3, 0.4) is 0 Å². The molecule has 1 aromatic carbocycles. The number of imidazole rings is 1. The monoisotopic (exact) mass is 254 g/mol. The van der Waals surface area contributed by atoms with Crippen molar-refractivity contribution < 1.29 is 14.6 Å². The van der Waals surface area contributed by atoms with Gasteiger partial charge in [0, 0.05) is 7.05 Å². The molecule has 2 rings (SSSR count). The van der Waals surface area contributed by atoms with Crippen molar-refractivity contribution in [2.45, 2.75) is 6.61 Å². The molecule has 0 fully saturated rings. The molecule has 17 heavy (non-hydrogen) atoms. The topological polar surface area (TPSA) is 64.3 Å². The molecule has 0 aliphatic heterocycles. The SMILES string of the molecule is Cn1c(COCC(=O)O)nc2cccc(Cl)c21. The Morgan fingerprint density at radius 1 is 1.59 bits per heavy atom. The summed E-state index contributed by atoms with van der Waals surface area (Å²) >= 11 is 6.06. The Kier molecular flexibility index (Phi) is 3.31. The lowest BCUT2D eigenvalue weighted by molar-refractivity contribution is -0.142. The Balaban J connectivity index is 2.27. The van der Waals surface area contributed by atoms with Crippen LogP contribution < -0.4 is 0 Å². The zero-order valence-electron chi connectivity index (χ0n) is 9.18. The Morgan fingerprint density at radius 2 is 2.35 bits per heavy atom. The van der Waals surface area contributed by atoms with Gasteiger partial charge in [-0.15, -0.1) is 0 Å². The number of hydrogen-bond donors (Lipinski definition) is 1. The van der Waals surface area contributed by atoms with Gasteiger partial charge < -0.3 is 14.4 Å². The van der Waals surface area contributed by atoms with Crippen LogP contribution in [0.2, 0.25) is 5.02 Å². The van der Waals surface area contributed by atoms with Gasteiger partial charge in [0.25, 0.3) is 0 Å². The van der Waals surface area contributed by atoms with Gasteiger partial charge in [-0.1, -0.05) is 17.7 Å². The largest absolute Gasteiger partial charge is 0.480 e. The maximum Gasteiger partial charge on any atom is 0.329 e. The molecule has 2 aromatic rings. The van der Waals surface area contributed by atoms with Crippen LogP contribution in [0, 0.1) is 0 Å². The molecular weight excluding hydrogens is 244 g/mol. The number of carboxylic acid groups (broad SMARTS) is 1. The number of aromatic nitrogens is 2. The lowest BCUT2D eigenvalue weighted by atomic mass is 10.3. The lowest BCUT2D eigenvalue weighted by Crippen LogP contribution is -2.09. The van der Waals surface area contributed by atoms with Crippen LogP contribution in [0.15, 0.2) is 18.2 Å². The van der Waals surface area contributed by atoms with Gasteiger partial charge >= 0.3 is 5.97 Å². The highest BCUT2D eigenvalue weighted by atomic mass is 35.5. The fourth-order valence-corrected chi connectivity index (χ4v) is 1.92. The summed E-state index contributed by atoms with van der Waals surface area (Å²) in [7, 11) is 1.82. The van der Waals surface area contributed by atoms with E-state index in [4.69, 9.17) is 21.4 Å². The van der Waals surface area contributed by atoms with Crippen molar-refractivity contribution in [2.24, 2.45) is 7.05 Å². The number of nitrogens with zero attached hydrogens (tertiary/aromatic N) is 2. The normalized spacial score (nSPS) is 10.9. The fraction of sp³-hybridized carbons (Fsp3) is 0.273. The number of benzene rings is 1. The maximum absolute atomic E-state index is 10.3. The van der Waals surface area contributed by atoms with E-state index >= 15 is 0 Å². The fourth-order valence-electron chi connectivity index (χ4n) is 1.63. The van der Waals surface area contributed by atoms with Crippen LogP contribution >= 0.6 is 11.6 Å². The van der Waals surface area contributed by atoms with Gasteiger partial charge in [0.1, 0.15) is 19.0 Å². The smallest absolute Gasteiger partial charge is 0.329 e. The molecule has 0 atom stereocenters. The highest BCUT2D eigenvalue weighted by Crippen LogP contribution is 2.23. The number of fused-ring (bicyclic) bond motifs is 1. The molecule has 0 aliphatic carbocycles. The number of ether oxygens (including phenoxy) is 1. The van der Waals surface area contributed by atoms with Gasteiger partial charge in [0.15, 0.2) is 0 Å². The number of carboxylic acids is 1. The van der Waals surface area contributed by atoms with Crippen LogP contribution in [0.1, 0.15) is 5.82 Å². The molecule has 5 nitrogen and oxygen atoms in total. The van der Waals surface area contributed by atoms with Gasteiger partial charge in [-0.25, -0.2) is 9.78 Å². The molecule has 1 aromatic heterocycles. The average Bonchev–Trinajstić information content (AvgIpc) is 2.57.